The highest BCUT2D eigenvalue weighted by Crippen LogP contribution is 2.32. The monoisotopic (exact) mass is 273 g/mol. The first-order valence-corrected chi connectivity index (χ1v) is 5.20. The predicted molar refractivity (Wildman–Crippen MR) is 61.1 cm³/mol. The van der Waals surface area contributed by atoms with E-state index in [4.69, 9.17) is 10.5 Å². The third kappa shape index (κ3) is 2.41. The molecular formula is C10H12BrNO3. The molecule has 0 aromatic heterocycles. The first-order chi connectivity index (χ1) is 7.11. The van der Waals surface area contributed by atoms with Gasteiger partial charge in [0.2, 0.25) is 0 Å². The molecule has 0 aliphatic rings. The molecule has 0 fully saturated rings. The fourth-order valence-electron chi connectivity index (χ4n) is 1.14. The molecule has 0 amide bonds. The summed E-state index contributed by atoms with van der Waals surface area (Å²) >= 11 is 3.24. The van der Waals surface area contributed by atoms with Crippen LogP contribution in [0.5, 0.6) is 5.75 Å². The molecule has 0 saturated heterocycles. The van der Waals surface area contributed by atoms with E-state index < -0.39 is 5.97 Å². The molecule has 4 nitrogen and oxygen atoms in total. The van der Waals surface area contributed by atoms with E-state index in [1.54, 1.807) is 12.1 Å². The minimum Gasteiger partial charge on any atom is -0.493 e. The Labute approximate surface area is 96.5 Å². The van der Waals surface area contributed by atoms with Crippen LogP contribution in [-0.2, 0) is 4.74 Å². The van der Waals surface area contributed by atoms with Crippen molar-refractivity contribution >= 4 is 27.6 Å². The maximum absolute atomic E-state index is 11.5. The number of hydrogen-bond donors (Lipinski definition) is 1. The van der Waals surface area contributed by atoms with Gasteiger partial charge in [-0.25, -0.2) is 4.79 Å². The molecule has 0 spiro atoms. The number of nitrogens with two attached hydrogens (primary N) is 1. The van der Waals surface area contributed by atoms with E-state index in [0.717, 1.165) is 0 Å². The molecule has 0 bridgehead atoms. The van der Waals surface area contributed by atoms with E-state index in [9.17, 15) is 4.79 Å². The van der Waals surface area contributed by atoms with Gasteiger partial charge in [-0.05, 0) is 35.0 Å². The lowest BCUT2D eigenvalue weighted by atomic mass is 10.2. The van der Waals surface area contributed by atoms with Crippen molar-refractivity contribution in [2.45, 2.75) is 6.92 Å². The van der Waals surface area contributed by atoms with Crippen LogP contribution in [0.25, 0.3) is 0 Å². The molecule has 5 heteroatoms. The summed E-state index contributed by atoms with van der Waals surface area (Å²) in [7, 11) is 1.31. The average molecular weight is 274 g/mol. The summed E-state index contributed by atoms with van der Waals surface area (Å²) in [5, 5.41) is 0. The number of carbonyl (C=O) groups is 1. The molecule has 1 rings (SSSR count). The van der Waals surface area contributed by atoms with Crippen molar-refractivity contribution in [3.63, 3.8) is 0 Å². The molecule has 0 unspecified atom stereocenters. The Kier molecular flexibility index (Phi) is 3.96. The lowest BCUT2D eigenvalue weighted by Gasteiger charge is -2.11. The van der Waals surface area contributed by atoms with Gasteiger partial charge in [0.25, 0.3) is 0 Å². The zero-order valence-electron chi connectivity index (χ0n) is 8.54. The summed E-state index contributed by atoms with van der Waals surface area (Å²) in [6, 6.07) is 3.32. The molecule has 0 heterocycles. The quantitative estimate of drug-likeness (QED) is 0.678. The Bertz CT molecular complexity index is 379. The van der Waals surface area contributed by atoms with Crippen molar-refractivity contribution in [2.24, 2.45) is 0 Å². The highest BCUT2D eigenvalue weighted by atomic mass is 79.9. The second kappa shape index (κ2) is 5.02. The lowest BCUT2D eigenvalue weighted by Crippen LogP contribution is -2.08. The molecular weight excluding hydrogens is 262 g/mol. The summed E-state index contributed by atoms with van der Waals surface area (Å²) in [6.45, 7) is 2.31. The molecule has 15 heavy (non-hydrogen) atoms. The fourth-order valence-corrected chi connectivity index (χ4v) is 1.63. The summed E-state index contributed by atoms with van der Waals surface area (Å²) < 4.78 is 10.5. The van der Waals surface area contributed by atoms with Crippen LogP contribution in [0, 0.1) is 0 Å². The van der Waals surface area contributed by atoms with Crippen molar-refractivity contribution in [1.82, 2.24) is 0 Å². The molecule has 0 saturated carbocycles. The Hall–Kier alpha value is -1.23. The predicted octanol–water partition coefficient (Wildman–Crippen LogP) is 2.22. The Morgan fingerprint density at radius 3 is 2.73 bits per heavy atom. The van der Waals surface area contributed by atoms with E-state index in [0.29, 0.717) is 28.1 Å². The van der Waals surface area contributed by atoms with Crippen LogP contribution in [0.2, 0.25) is 0 Å². The van der Waals surface area contributed by atoms with Crippen molar-refractivity contribution in [3.8, 4) is 5.75 Å². The average Bonchev–Trinajstić information content (AvgIpc) is 2.23. The molecule has 0 aliphatic carbocycles. The first-order valence-electron chi connectivity index (χ1n) is 4.40. The summed E-state index contributed by atoms with van der Waals surface area (Å²) in [5.74, 6) is -0.0111. The Balaban J connectivity index is 3.28. The van der Waals surface area contributed by atoms with Crippen LogP contribution in [0.1, 0.15) is 17.3 Å². The van der Waals surface area contributed by atoms with Crippen LogP contribution in [0.15, 0.2) is 16.6 Å². The smallest absolute Gasteiger partial charge is 0.342 e. The van der Waals surface area contributed by atoms with Crippen LogP contribution < -0.4 is 10.5 Å². The molecule has 1 aromatic rings. The van der Waals surface area contributed by atoms with E-state index in [-0.39, 0.29) is 0 Å². The molecule has 0 aliphatic heterocycles. The number of hydrogen-bond acceptors (Lipinski definition) is 4. The van der Waals surface area contributed by atoms with Crippen LogP contribution in [-0.4, -0.2) is 19.7 Å². The topological polar surface area (TPSA) is 61.5 Å². The largest absolute Gasteiger partial charge is 0.493 e. The number of carbonyl (C=O) groups excluding carboxylic acids is 1. The number of esters is 1. The van der Waals surface area contributed by atoms with Gasteiger partial charge < -0.3 is 15.2 Å². The van der Waals surface area contributed by atoms with Crippen molar-refractivity contribution in [1.29, 1.82) is 0 Å². The number of methoxy groups -OCH3 is 1. The van der Waals surface area contributed by atoms with Gasteiger partial charge in [0, 0.05) is 5.69 Å². The molecule has 0 radical (unpaired) electrons. The fraction of sp³-hybridized carbons (Fsp3) is 0.300. The van der Waals surface area contributed by atoms with Gasteiger partial charge in [-0.15, -0.1) is 0 Å². The van der Waals surface area contributed by atoms with Crippen LogP contribution in [0.4, 0.5) is 5.69 Å². The van der Waals surface area contributed by atoms with Crippen molar-refractivity contribution < 1.29 is 14.3 Å². The highest BCUT2D eigenvalue weighted by molar-refractivity contribution is 9.10. The van der Waals surface area contributed by atoms with Gasteiger partial charge in [0.1, 0.15) is 11.3 Å². The second-order valence-corrected chi connectivity index (χ2v) is 3.56. The number of anilines is 1. The minimum absolute atomic E-state index is 0.319. The lowest BCUT2D eigenvalue weighted by molar-refractivity contribution is 0.0595. The van der Waals surface area contributed by atoms with Crippen LogP contribution >= 0.6 is 15.9 Å². The highest BCUT2D eigenvalue weighted by Gasteiger charge is 2.18. The molecule has 82 valence electrons. The standard InChI is InChI=1S/C10H12BrNO3/c1-3-15-7-5-4-6(12)9(11)8(7)10(13)14-2/h4-5H,3,12H2,1-2H3. The normalized spacial score (nSPS) is 9.80. The third-order valence-electron chi connectivity index (χ3n) is 1.82. The van der Waals surface area contributed by atoms with Gasteiger partial charge in [0.05, 0.1) is 18.2 Å². The minimum atomic E-state index is -0.474. The van der Waals surface area contributed by atoms with Gasteiger partial charge in [0.15, 0.2) is 0 Å². The van der Waals surface area contributed by atoms with Gasteiger partial charge in [-0.3, -0.25) is 0 Å². The van der Waals surface area contributed by atoms with Crippen molar-refractivity contribution in [2.75, 3.05) is 19.5 Å². The van der Waals surface area contributed by atoms with Crippen molar-refractivity contribution in [3.05, 3.63) is 22.2 Å². The second-order valence-electron chi connectivity index (χ2n) is 2.77. The Morgan fingerprint density at radius 1 is 1.53 bits per heavy atom. The molecule has 1 aromatic carbocycles. The zero-order chi connectivity index (χ0) is 11.4. The van der Waals surface area contributed by atoms with E-state index in [1.165, 1.54) is 7.11 Å². The zero-order valence-corrected chi connectivity index (χ0v) is 10.1. The number of ether oxygens (including phenoxy) is 2. The number of halogens is 1. The first kappa shape index (κ1) is 11.8. The van der Waals surface area contributed by atoms with E-state index in [1.807, 2.05) is 6.92 Å². The summed E-state index contributed by atoms with van der Waals surface area (Å²) in [5.41, 5.74) is 6.46. The van der Waals surface area contributed by atoms with Gasteiger partial charge >= 0.3 is 5.97 Å². The SMILES string of the molecule is CCOc1ccc(N)c(Br)c1C(=O)OC. The Morgan fingerprint density at radius 2 is 2.20 bits per heavy atom. The molecule has 0 atom stereocenters. The summed E-state index contributed by atoms with van der Waals surface area (Å²) in [4.78, 5) is 11.5. The molecule has 2 N–H and O–H groups in total. The maximum atomic E-state index is 11.5. The third-order valence-corrected chi connectivity index (χ3v) is 2.68. The number of benzene rings is 1. The van der Waals surface area contributed by atoms with Crippen LogP contribution in [0.3, 0.4) is 0 Å². The number of rotatable bonds is 3. The van der Waals surface area contributed by atoms with Gasteiger partial charge in [-0.2, -0.15) is 0 Å². The summed E-state index contributed by atoms with van der Waals surface area (Å²) in [6.07, 6.45) is 0. The van der Waals surface area contributed by atoms with Gasteiger partial charge in [-0.1, -0.05) is 0 Å². The van der Waals surface area contributed by atoms with E-state index >= 15 is 0 Å². The number of nitrogen functional groups attached to an aromatic ring is 1. The van der Waals surface area contributed by atoms with E-state index in [2.05, 4.69) is 20.7 Å². The maximum Gasteiger partial charge on any atom is 0.342 e.